The Morgan fingerprint density at radius 2 is 2.03 bits per heavy atom. The Morgan fingerprint density at radius 3 is 2.77 bits per heavy atom. The van der Waals surface area contributed by atoms with Gasteiger partial charge in [0.15, 0.2) is 18.1 Å². The Kier molecular flexibility index (Phi) is 5.70. The molecular formula is C23H28N2O5. The molecule has 30 heavy (non-hydrogen) atoms. The zero-order valence-corrected chi connectivity index (χ0v) is 17.5. The Bertz CT molecular complexity index is 898. The SMILES string of the molecule is CC1(C)Cc2cccc(OCC(=O)NCC3CCN(C(=O)c4ccoc4)CC3)c2O1. The Hall–Kier alpha value is -2.96. The highest BCUT2D eigenvalue weighted by Crippen LogP contribution is 2.41. The number of carbonyl (C=O) groups is 2. The van der Waals surface area contributed by atoms with Crippen molar-refractivity contribution < 1.29 is 23.5 Å². The minimum Gasteiger partial charge on any atom is -0.483 e. The minimum absolute atomic E-state index is 0.000394. The van der Waals surface area contributed by atoms with Gasteiger partial charge < -0.3 is 24.1 Å². The van der Waals surface area contributed by atoms with Gasteiger partial charge in [0.2, 0.25) is 0 Å². The summed E-state index contributed by atoms with van der Waals surface area (Å²) in [7, 11) is 0. The number of furan rings is 1. The van der Waals surface area contributed by atoms with E-state index in [1.54, 1.807) is 6.07 Å². The Labute approximate surface area is 176 Å². The standard InChI is InChI=1S/C23H28N2O5/c1-23(2)12-17-4-3-5-19(21(17)30-23)29-15-20(26)24-13-16-6-9-25(10-7-16)22(27)18-8-11-28-14-18/h3-5,8,11,14,16H,6-7,9-10,12-13,15H2,1-2H3,(H,24,26). The first-order chi connectivity index (χ1) is 14.4. The molecule has 1 saturated heterocycles. The zero-order chi connectivity index (χ0) is 21.1. The van der Waals surface area contributed by atoms with Gasteiger partial charge in [-0.1, -0.05) is 12.1 Å². The normalized spacial score (nSPS) is 17.9. The van der Waals surface area contributed by atoms with Crippen LogP contribution in [0.4, 0.5) is 0 Å². The summed E-state index contributed by atoms with van der Waals surface area (Å²) < 4.78 is 16.7. The summed E-state index contributed by atoms with van der Waals surface area (Å²) in [5.74, 6) is 1.55. The number of nitrogens with one attached hydrogen (secondary N) is 1. The van der Waals surface area contributed by atoms with E-state index in [4.69, 9.17) is 13.9 Å². The summed E-state index contributed by atoms with van der Waals surface area (Å²) in [5, 5.41) is 2.96. The fraction of sp³-hybridized carbons (Fsp3) is 0.478. The van der Waals surface area contributed by atoms with Crippen molar-refractivity contribution >= 4 is 11.8 Å². The fourth-order valence-corrected chi connectivity index (χ4v) is 4.06. The van der Waals surface area contributed by atoms with Crippen molar-refractivity contribution in [2.45, 2.75) is 38.7 Å². The largest absolute Gasteiger partial charge is 0.483 e. The number of rotatable bonds is 6. The quantitative estimate of drug-likeness (QED) is 0.789. The topological polar surface area (TPSA) is 81.0 Å². The van der Waals surface area contributed by atoms with Crippen LogP contribution in [0.1, 0.15) is 42.6 Å². The van der Waals surface area contributed by atoms with Crippen molar-refractivity contribution in [2.75, 3.05) is 26.2 Å². The van der Waals surface area contributed by atoms with Gasteiger partial charge in [-0.3, -0.25) is 9.59 Å². The maximum absolute atomic E-state index is 12.3. The molecule has 3 heterocycles. The van der Waals surface area contributed by atoms with Crippen LogP contribution in [-0.4, -0.2) is 48.6 Å². The zero-order valence-electron chi connectivity index (χ0n) is 17.5. The summed E-state index contributed by atoms with van der Waals surface area (Å²) in [6.07, 6.45) is 5.53. The monoisotopic (exact) mass is 412 g/mol. The summed E-state index contributed by atoms with van der Waals surface area (Å²) in [6.45, 7) is 5.99. The average Bonchev–Trinajstić information content (AvgIpc) is 3.37. The average molecular weight is 412 g/mol. The van der Waals surface area contributed by atoms with Gasteiger partial charge in [0.1, 0.15) is 11.9 Å². The van der Waals surface area contributed by atoms with Crippen molar-refractivity contribution in [2.24, 2.45) is 5.92 Å². The van der Waals surface area contributed by atoms with Crippen LogP contribution >= 0.6 is 0 Å². The van der Waals surface area contributed by atoms with Gasteiger partial charge in [0.25, 0.3) is 11.8 Å². The maximum Gasteiger partial charge on any atom is 0.257 e. The van der Waals surface area contributed by atoms with Crippen LogP contribution in [0, 0.1) is 5.92 Å². The van der Waals surface area contributed by atoms with E-state index in [1.165, 1.54) is 12.5 Å². The van der Waals surface area contributed by atoms with E-state index in [1.807, 2.05) is 36.9 Å². The molecule has 0 atom stereocenters. The van der Waals surface area contributed by atoms with Crippen LogP contribution in [0.25, 0.3) is 0 Å². The number of para-hydroxylation sites is 1. The van der Waals surface area contributed by atoms with Gasteiger partial charge >= 0.3 is 0 Å². The predicted octanol–water partition coefficient (Wildman–Crippen LogP) is 3.04. The molecule has 0 aliphatic carbocycles. The van der Waals surface area contributed by atoms with Crippen molar-refractivity contribution in [3.05, 3.63) is 47.9 Å². The number of hydrogen-bond acceptors (Lipinski definition) is 5. The van der Waals surface area contributed by atoms with E-state index < -0.39 is 0 Å². The highest BCUT2D eigenvalue weighted by molar-refractivity contribution is 5.93. The van der Waals surface area contributed by atoms with E-state index in [2.05, 4.69) is 5.32 Å². The molecule has 1 aromatic carbocycles. The maximum atomic E-state index is 12.3. The highest BCUT2D eigenvalue weighted by atomic mass is 16.5. The molecule has 0 saturated carbocycles. The molecule has 1 N–H and O–H groups in total. The Morgan fingerprint density at radius 1 is 1.23 bits per heavy atom. The molecule has 0 radical (unpaired) electrons. The first kappa shape index (κ1) is 20.3. The third-order valence-electron chi connectivity index (χ3n) is 5.67. The summed E-state index contributed by atoms with van der Waals surface area (Å²) in [4.78, 5) is 26.4. The molecule has 0 bridgehead atoms. The van der Waals surface area contributed by atoms with Gasteiger partial charge in [0, 0.05) is 31.6 Å². The summed E-state index contributed by atoms with van der Waals surface area (Å²) in [5.41, 5.74) is 1.44. The molecule has 0 unspecified atom stereocenters. The molecule has 2 aromatic rings. The van der Waals surface area contributed by atoms with Gasteiger partial charge in [0.05, 0.1) is 11.8 Å². The van der Waals surface area contributed by atoms with Crippen molar-refractivity contribution in [1.82, 2.24) is 10.2 Å². The first-order valence-corrected chi connectivity index (χ1v) is 10.4. The molecule has 1 fully saturated rings. The van der Waals surface area contributed by atoms with Crippen LogP contribution < -0.4 is 14.8 Å². The molecule has 1 aromatic heterocycles. The molecule has 2 amide bonds. The number of nitrogens with zero attached hydrogens (tertiary/aromatic N) is 1. The van der Waals surface area contributed by atoms with Crippen LogP contribution in [0.5, 0.6) is 11.5 Å². The molecule has 2 aliphatic rings. The van der Waals surface area contributed by atoms with Gasteiger partial charge in [-0.05, 0) is 44.7 Å². The molecule has 4 rings (SSSR count). The molecule has 0 spiro atoms. The Balaban J connectivity index is 1.20. The lowest BCUT2D eigenvalue weighted by Gasteiger charge is -2.31. The van der Waals surface area contributed by atoms with Crippen molar-refractivity contribution in [3.63, 3.8) is 0 Å². The highest BCUT2D eigenvalue weighted by Gasteiger charge is 2.32. The van der Waals surface area contributed by atoms with Crippen LogP contribution in [0.2, 0.25) is 0 Å². The second-order valence-electron chi connectivity index (χ2n) is 8.62. The third-order valence-corrected chi connectivity index (χ3v) is 5.67. The van der Waals surface area contributed by atoms with Gasteiger partial charge in [-0.25, -0.2) is 0 Å². The smallest absolute Gasteiger partial charge is 0.257 e. The number of fused-ring (bicyclic) bond motifs is 1. The number of likely N-dealkylation sites (tertiary alicyclic amines) is 1. The number of benzene rings is 1. The number of hydrogen-bond donors (Lipinski definition) is 1. The molecular weight excluding hydrogens is 384 g/mol. The predicted molar refractivity (Wildman–Crippen MR) is 111 cm³/mol. The fourth-order valence-electron chi connectivity index (χ4n) is 4.06. The van der Waals surface area contributed by atoms with E-state index in [-0.39, 0.29) is 24.0 Å². The summed E-state index contributed by atoms with van der Waals surface area (Å²) in [6, 6.07) is 7.47. The van der Waals surface area contributed by atoms with E-state index >= 15 is 0 Å². The van der Waals surface area contributed by atoms with Gasteiger partial charge in [-0.2, -0.15) is 0 Å². The third kappa shape index (κ3) is 4.61. The minimum atomic E-state index is -0.252. The molecule has 2 aliphatic heterocycles. The number of amides is 2. The summed E-state index contributed by atoms with van der Waals surface area (Å²) >= 11 is 0. The second-order valence-corrected chi connectivity index (χ2v) is 8.62. The van der Waals surface area contributed by atoms with E-state index in [0.29, 0.717) is 36.9 Å². The molecule has 160 valence electrons. The van der Waals surface area contributed by atoms with E-state index in [0.717, 1.165) is 30.6 Å². The van der Waals surface area contributed by atoms with Crippen molar-refractivity contribution in [1.29, 1.82) is 0 Å². The molecule has 7 heteroatoms. The lowest BCUT2D eigenvalue weighted by atomic mass is 9.96. The molecule has 7 nitrogen and oxygen atoms in total. The van der Waals surface area contributed by atoms with E-state index in [9.17, 15) is 9.59 Å². The number of piperidine rings is 1. The van der Waals surface area contributed by atoms with Gasteiger partial charge in [-0.15, -0.1) is 0 Å². The first-order valence-electron chi connectivity index (χ1n) is 10.4. The lowest BCUT2D eigenvalue weighted by molar-refractivity contribution is -0.123. The second kappa shape index (κ2) is 8.42. The van der Waals surface area contributed by atoms with Crippen molar-refractivity contribution in [3.8, 4) is 11.5 Å². The van der Waals surface area contributed by atoms with Crippen LogP contribution in [0.3, 0.4) is 0 Å². The van der Waals surface area contributed by atoms with Crippen LogP contribution in [0.15, 0.2) is 41.2 Å². The van der Waals surface area contributed by atoms with Crippen LogP contribution in [-0.2, 0) is 11.2 Å². The lowest BCUT2D eigenvalue weighted by Crippen LogP contribution is -2.42. The number of carbonyl (C=O) groups excluding carboxylic acids is 2. The number of ether oxygens (including phenoxy) is 2.